The Hall–Kier alpha value is -1.45. The van der Waals surface area contributed by atoms with Crippen LogP contribution < -0.4 is 9.46 Å². The molecule has 1 aliphatic heterocycles. The van der Waals surface area contributed by atoms with E-state index in [1.54, 1.807) is 30.6 Å². The molecule has 0 bridgehead atoms. The quantitative estimate of drug-likeness (QED) is 0.741. The van der Waals surface area contributed by atoms with Crippen LogP contribution in [-0.2, 0) is 20.5 Å². The van der Waals surface area contributed by atoms with Crippen molar-refractivity contribution >= 4 is 21.4 Å². The van der Waals surface area contributed by atoms with Gasteiger partial charge in [0.15, 0.2) is 0 Å². The average molecular weight is 397 g/mol. The van der Waals surface area contributed by atoms with E-state index in [1.807, 2.05) is 17.5 Å². The third kappa shape index (κ3) is 5.05. The lowest BCUT2D eigenvalue weighted by Gasteiger charge is -2.34. The van der Waals surface area contributed by atoms with E-state index >= 15 is 0 Å². The average Bonchev–Trinajstić information content (AvgIpc) is 3.17. The van der Waals surface area contributed by atoms with Crippen LogP contribution >= 0.6 is 11.3 Å². The minimum atomic E-state index is -3.48. The maximum absolute atomic E-state index is 12.6. The first-order chi connectivity index (χ1) is 12.6. The fourth-order valence-corrected chi connectivity index (χ4v) is 4.96. The minimum absolute atomic E-state index is 0.0117. The molecule has 2 aromatic rings. The van der Waals surface area contributed by atoms with Gasteiger partial charge in [0.2, 0.25) is 10.0 Å². The van der Waals surface area contributed by atoms with E-state index in [4.69, 9.17) is 9.47 Å². The van der Waals surface area contributed by atoms with Crippen LogP contribution in [0.5, 0.6) is 5.75 Å². The van der Waals surface area contributed by atoms with Gasteiger partial charge in [0.05, 0.1) is 26.1 Å². The highest BCUT2D eigenvalue weighted by Crippen LogP contribution is 2.24. The fourth-order valence-electron chi connectivity index (χ4n) is 3.10. The lowest BCUT2D eigenvalue weighted by atomic mass is 10.1. The molecule has 1 N–H and O–H groups in total. The molecule has 1 aromatic carbocycles. The van der Waals surface area contributed by atoms with Crippen molar-refractivity contribution in [3.05, 3.63) is 52.2 Å². The van der Waals surface area contributed by atoms with E-state index in [9.17, 15) is 8.42 Å². The monoisotopic (exact) mass is 396 g/mol. The lowest BCUT2D eigenvalue weighted by Crippen LogP contribution is -2.43. The molecule has 0 amide bonds. The van der Waals surface area contributed by atoms with Gasteiger partial charge >= 0.3 is 0 Å². The molecule has 1 unspecified atom stereocenters. The first-order valence-electron chi connectivity index (χ1n) is 8.52. The van der Waals surface area contributed by atoms with Gasteiger partial charge in [0.1, 0.15) is 5.75 Å². The predicted molar refractivity (Wildman–Crippen MR) is 103 cm³/mol. The Bertz CT molecular complexity index is 787. The van der Waals surface area contributed by atoms with Gasteiger partial charge in [-0.05, 0) is 28.5 Å². The summed E-state index contributed by atoms with van der Waals surface area (Å²) in [6.45, 7) is 3.29. The molecular formula is C18H24N2O4S2. The summed E-state index contributed by atoms with van der Waals surface area (Å²) in [5.41, 5.74) is 1.79. The number of benzene rings is 1. The third-order valence-corrected chi connectivity index (χ3v) is 6.45. The number of nitrogens with zero attached hydrogens (tertiary/aromatic N) is 1. The van der Waals surface area contributed by atoms with E-state index in [0.29, 0.717) is 31.1 Å². The molecule has 0 saturated carbocycles. The van der Waals surface area contributed by atoms with Crippen molar-refractivity contribution in [3.63, 3.8) is 0 Å². The molecular weight excluding hydrogens is 372 g/mol. The van der Waals surface area contributed by atoms with Crippen LogP contribution in [0.4, 0.5) is 0 Å². The maximum Gasteiger partial charge on any atom is 0.215 e. The molecule has 0 aliphatic carbocycles. The van der Waals surface area contributed by atoms with Gasteiger partial charge in [-0.25, -0.2) is 13.1 Å². The molecule has 8 heteroatoms. The topological polar surface area (TPSA) is 67.9 Å². The molecule has 142 valence electrons. The number of nitrogens with one attached hydrogen (secondary N) is 1. The minimum Gasteiger partial charge on any atom is -0.496 e. The largest absolute Gasteiger partial charge is 0.496 e. The summed E-state index contributed by atoms with van der Waals surface area (Å²) >= 11 is 1.62. The first kappa shape index (κ1) is 19.3. The number of sulfonamides is 1. The van der Waals surface area contributed by atoms with Gasteiger partial charge in [-0.2, -0.15) is 11.3 Å². The Balaban J connectivity index is 1.69. The van der Waals surface area contributed by atoms with Crippen molar-refractivity contribution < 1.29 is 17.9 Å². The Morgan fingerprint density at radius 2 is 2.04 bits per heavy atom. The predicted octanol–water partition coefficient (Wildman–Crippen LogP) is 2.25. The first-order valence-corrected chi connectivity index (χ1v) is 11.1. The molecule has 1 aliphatic rings. The van der Waals surface area contributed by atoms with Crippen molar-refractivity contribution in [3.8, 4) is 5.75 Å². The highest BCUT2D eigenvalue weighted by atomic mass is 32.2. The Morgan fingerprint density at radius 3 is 2.73 bits per heavy atom. The Kier molecular flexibility index (Phi) is 6.66. The third-order valence-electron chi connectivity index (χ3n) is 4.45. The van der Waals surface area contributed by atoms with Gasteiger partial charge in [0.25, 0.3) is 0 Å². The maximum atomic E-state index is 12.6. The van der Waals surface area contributed by atoms with Crippen molar-refractivity contribution in [2.45, 2.75) is 11.8 Å². The summed E-state index contributed by atoms with van der Waals surface area (Å²) in [7, 11) is -1.93. The number of ether oxygens (including phenoxy) is 2. The second kappa shape index (κ2) is 8.96. The Morgan fingerprint density at radius 1 is 1.27 bits per heavy atom. The number of morpholine rings is 1. The molecule has 1 saturated heterocycles. The van der Waals surface area contributed by atoms with Gasteiger partial charge in [-0.3, -0.25) is 4.90 Å². The van der Waals surface area contributed by atoms with Crippen LogP contribution in [0.15, 0.2) is 41.1 Å². The molecule has 0 spiro atoms. The lowest BCUT2D eigenvalue weighted by molar-refractivity contribution is 0.0173. The summed E-state index contributed by atoms with van der Waals surface area (Å²) in [5.74, 6) is 0.483. The zero-order valence-electron chi connectivity index (χ0n) is 14.8. The van der Waals surface area contributed by atoms with E-state index in [2.05, 4.69) is 21.1 Å². The highest BCUT2D eigenvalue weighted by molar-refractivity contribution is 7.88. The van der Waals surface area contributed by atoms with Crippen LogP contribution in [0.25, 0.3) is 0 Å². The molecule has 3 rings (SSSR count). The van der Waals surface area contributed by atoms with Crippen molar-refractivity contribution in [2.24, 2.45) is 0 Å². The van der Waals surface area contributed by atoms with Crippen LogP contribution in [-0.4, -0.2) is 53.3 Å². The smallest absolute Gasteiger partial charge is 0.215 e. The zero-order valence-corrected chi connectivity index (χ0v) is 16.4. The van der Waals surface area contributed by atoms with Gasteiger partial charge in [-0.15, -0.1) is 0 Å². The number of thiophene rings is 1. The van der Waals surface area contributed by atoms with Crippen LogP contribution in [0, 0.1) is 0 Å². The van der Waals surface area contributed by atoms with Crippen molar-refractivity contribution in [1.29, 1.82) is 0 Å². The summed E-state index contributed by atoms with van der Waals surface area (Å²) in [6.07, 6.45) is 0. The SMILES string of the molecule is COc1ccccc1CS(=O)(=O)NCC(c1ccsc1)N1CCOCC1. The number of hydrogen-bond donors (Lipinski definition) is 1. The molecule has 26 heavy (non-hydrogen) atoms. The van der Waals surface area contributed by atoms with Gasteiger partial charge in [-0.1, -0.05) is 18.2 Å². The van der Waals surface area contributed by atoms with Crippen molar-refractivity contribution in [1.82, 2.24) is 9.62 Å². The molecule has 6 nitrogen and oxygen atoms in total. The summed E-state index contributed by atoms with van der Waals surface area (Å²) in [4.78, 5) is 2.27. The van der Waals surface area contributed by atoms with Crippen LogP contribution in [0.1, 0.15) is 17.2 Å². The number of para-hydroxylation sites is 1. The summed E-state index contributed by atoms with van der Waals surface area (Å²) in [5, 5.41) is 4.10. The standard InChI is InChI=1S/C18H24N2O4S2/c1-23-18-5-3-2-4-16(18)14-26(21,22)19-12-17(15-6-11-25-13-15)20-7-9-24-10-8-20/h2-6,11,13,17,19H,7-10,12,14H2,1H3. The summed E-state index contributed by atoms with van der Waals surface area (Å²) < 4.78 is 38.7. The molecule has 1 aromatic heterocycles. The Labute approximate surface area is 158 Å². The molecule has 1 fully saturated rings. The van der Waals surface area contributed by atoms with Crippen molar-refractivity contribution in [2.75, 3.05) is 40.0 Å². The number of hydrogen-bond acceptors (Lipinski definition) is 6. The van der Waals surface area contributed by atoms with E-state index < -0.39 is 10.0 Å². The number of methoxy groups -OCH3 is 1. The van der Waals surface area contributed by atoms with Crippen LogP contribution in [0.3, 0.4) is 0 Å². The second-order valence-corrected chi connectivity index (χ2v) is 8.73. The normalized spacial score (nSPS) is 17.1. The van der Waals surface area contributed by atoms with E-state index in [-0.39, 0.29) is 11.8 Å². The van der Waals surface area contributed by atoms with Crippen LogP contribution in [0.2, 0.25) is 0 Å². The molecule has 1 atom stereocenters. The highest BCUT2D eigenvalue weighted by Gasteiger charge is 2.25. The second-order valence-electron chi connectivity index (χ2n) is 6.14. The fraction of sp³-hybridized carbons (Fsp3) is 0.444. The molecule has 0 radical (unpaired) electrons. The van der Waals surface area contributed by atoms with E-state index in [0.717, 1.165) is 18.7 Å². The number of rotatable bonds is 8. The van der Waals surface area contributed by atoms with Gasteiger partial charge in [0, 0.05) is 31.2 Å². The van der Waals surface area contributed by atoms with E-state index in [1.165, 1.54) is 0 Å². The molecule has 2 heterocycles. The van der Waals surface area contributed by atoms with Gasteiger partial charge < -0.3 is 9.47 Å². The summed E-state index contributed by atoms with van der Waals surface area (Å²) in [6, 6.07) is 9.25. The zero-order chi connectivity index (χ0) is 18.4.